The molecule has 13 heavy (non-hydrogen) atoms. The molecule has 0 spiro atoms. The van der Waals surface area contributed by atoms with E-state index in [-0.39, 0.29) is 10.9 Å². The lowest BCUT2D eigenvalue weighted by Crippen LogP contribution is -2.21. The summed E-state index contributed by atoms with van der Waals surface area (Å²) in [6.45, 7) is 4.78. The van der Waals surface area contributed by atoms with Crippen LogP contribution in [0.1, 0.15) is 33.1 Å². The second kappa shape index (κ2) is 4.88. The van der Waals surface area contributed by atoms with Crippen LogP contribution in [0, 0.1) is 11.3 Å². The molecule has 74 valence electrons. The van der Waals surface area contributed by atoms with E-state index in [0.717, 1.165) is 25.2 Å². The van der Waals surface area contributed by atoms with E-state index in [0.29, 0.717) is 0 Å². The summed E-state index contributed by atoms with van der Waals surface area (Å²) in [7, 11) is 0. The molecular formula is C10H17NOS. The summed E-state index contributed by atoms with van der Waals surface area (Å²) in [5, 5.41) is 9.06. The standard InChI is InChI=1S/C10H17NOS/c1-9(2)12-6-5-10(8-11)4-3-7-13-10/h9H,3-7H2,1-2H3. The van der Waals surface area contributed by atoms with Crippen molar-refractivity contribution in [1.29, 1.82) is 5.26 Å². The maximum Gasteiger partial charge on any atom is 0.105 e. The summed E-state index contributed by atoms with van der Waals surface area (Å²) in [4.78, 5) is 0. The van der Waals surface area contributed by atoms with Crippen molar-refractivity contribution < 1.29 is 4.74 Å². The average Bonchev–Trinajstić information content (AvgIpc) is 2.53. The first kappa shape index (κ1) is 10.9. The van der Waals surface area contributed by atoms with Crippen molar-refractivity contribution in [3.8, 4) is 6.07 Å². The highest BCUT2D eigenvalue weighted by Crippen LogP contribution is 2.40. The molecule has 0 aromatic rings. The van der Waals surface area contributed by atoms with Gasteiger partial charge in [-0.1, -0.05) is 0 Å². The van der Waals surface area contributed by atoms with E-state index < -0.39 is 0 Å². The van der Waals surface area contributed by atoms with Gasteiger partial charge in [-0.2, -0.15) is 5.26 Å². The van der Waals surface area contributed by atoms with Crippen molar-refractivity contribution >= 4 is 11.8 Å². The van der Waals surface area contributed by atoms with E-state index in [1.165, 1.54) is 6.42 Å². The van der Waals surface area contributed by atoms with Gasteiger partial charge in [0, 0.05) is 6.61 Å². The fourth-order valence-electron chi connectivity index (χ4n) is 1.50. The van der Waals surface area contributed by atoms with Crippen LogP contribution in [0.15, 0.2) is 0 Å². The lowest BCUT2D eigenvalue weighted by molar-refractivity contribution is 0.0740. The van der Waals surface area contributed by atoms with E-state index in [2.05, 4.69) is 6.07 Å². The van der Waals surface area contributed by atoms with Gasteiger partial charge in [-0.15, -0.1) is 11.8 Å². The van der Waals surface area contributed by atoms with Gasteiger partial charge >= 0.3 is 0 Å². The lowest BCUT2D eigenvalue weighted by Gasteiger charge is -2.19. The topological polar surface area (TPSA) is 33.0 Å². The molecule has 1 rings (SSSR count). The van der Waals surface area contributed by atoms with Crippen molar-refractivity contribution in [3.05, 3.63) is 0 Å². The first-order valence-electron chi connectivity index (χ1n) is 4.85. The number of thioether (sulfide) groups is 1. The second-order valence-corrected chi connectivity index (χ2v) is 5.21. The highest BCUT2D eigenvalue weighted by molar-refractivity contribution is 8.01. The Morgan fingerprint density at radius 2 is 2.38 bits per heavy atom. The Bertz CT molecular complexity index is 192. The van der Waals surface area contributed by atoms with Gasteiger partial charge < -0.3 is 4.74 Å². The van der Waals surface area contributed by atoms with E-state index in [1.807, 2.05) is 13.8 Å². The van der Waals surface area contributed by atoms with Crippen LogP contribution in [0.4, 0.5) is 0 Å². The van der Waals surface area contributed by atoms with Gasteiger partial charge in [-0.3, -0.25) is 0 Å². The van der Waals surface area contributed by atoms with Crippen molar-refractivity contribution in [1.82, 2.24) is 0 Å². The van der Waals surface area contributed by atoms with Crippen LogP contribution in [0.2, 0.25) is 0 Å². The minimum Gasteiger partial charge on any atom is -0.379 e. The minimum atomic E-state index is -0.130. The molecule has 3 heteroatoms. The lowest BCUT2D eigenvalue weighted by atomic mass is 10.0. The molecule has 0 aromatic heterocycles. The SMILES string of the molecule is CC(C)OCCC1(C#N)CCCS1. The van der Waals surface area contributed by atoms with E-state index in [1.54, 1.807) is 11.8 Å². The van der Waals surface area contributed by atoms with E-state index >= 15 is 0 Å². The van der Waals surface area contributed by atoms with E-state index in [9.17, 15) is 0 Å². The average molecular weight is 199 g/mol. The molecule has 1 unspecified atom stereocenters. The normalized spacial score (nSPS) is 27.8. The Labute approximate surface area is 84.6 Å². The molecule has 0 saturated carbocycles. The van der Waals surface area contributed by atoms with Gasteiger partial charge in [0.15, 0.2) is 0 Å². The Morgan fingerprint density at radius 3 is 2.85 bits per heavy atom. The molecule has 1 atom stereocenters. The zero-order valence-electron chi connectivity index (χ0n) is 8.38. The maximum absolute atomic E-state index is 9.06. The first-order chi connectivity index (χ1) is 6.18. The Hall–Kier alpha value is -0.200. The summed E-state index contributed by atoms with van der Waals surface area (Å²) < 4.78 is 5.34. The molecule has 0 N–H and O–H groups in total. The summed E-state index contributed by atoms with van der Waals surface area (Å²) in [6.07, 6.45) is 3.38. The monoisotopic (exact) mass is 199 g/mol. The van der Waals surface area contributed by atoms with Crippen molar-refractivity contribution in [2.45, 2.75) is 44.0 Å². The molecule has 0 amide bonds. The summed E-state index contributed by atoms with van der Waals surface area (Å²) in [5.41, 5.74) is 0. The highest BCUT2D eigenvalue weighted by Gasteiger charge is 2.34. The number of ether oxygens (including phenoxy) is 1. The van der Waals surface area contributed by atoms with Crippen LogP contribution in [0.25, 0.3) is 0 Å². The first-order valence-corrected chi connectivity index (χ1v) is 5.84. The summed E-state index contributed by atoms with van der Waals surface area (Å²) >= 11 is 1.80. The molecule has 1 fully saturated rings. The van der Waals surface area contributed by atoms with Crippen LogP contribution < -0.4 is 0 Å². The smallest absolute Gasteiger partial charge is 0.105 e. The molecule has 1 aliphatic heterocycles. The fourth-order valence-corrected chi connectivity index (χ4v) is 2.76. The number of nitriles is 1. The molecule has 0 aliphatic carbocycles. The summed E-state index contributed by atoms with van der Waals surface area (Å²) in [5.74, 6) is 1.13. The third-order valence-corrected chi connectivity index (χ3v) is 3.81. The highest BCUT2D eigenvalue weighted by atomic mass is 32.2. The van der Waals surface area contributed by atoms with Gasteiger partial charge in [0.1, 0.15) is 4.75 Å². The molecule has 0 aromatic carbocycles. The number of nitrogens with zero attached hydrogens (tertiary/aromatic N) is 1. The Balaban J connectivity index is 2.29. The molecule has 0 radical (unpaired) electrons. The molecule has 0 bridgehead atoms. The molecule has 1 aliphatic rings. The quantitative estimate of drug-likeness (QED) is 0.697. The van der Waals surface area contributed by atoms with Gasteiger partial charge in [-0.25, -0.2) is 0 Å². The number of hydrogen-bond donors (Lipinski definition) is 0. The maximum atomic E-state index is 9.06. The third-order valence-electron chi connectivity index (χ3n) is 2.26. The van der Waals surface area contributed by atoms with Crippen LogP contribution in [-0.4, -0.2) is 23.2 Å². The van der Waals surface area contributed by atoms with Gasteiger partial charge in [0.25, 0.3) is 0 Å². The van der Waals surface area contributed by atoms with Crippen LogP contribution in [0.5, 0.6) is 0 Å². The predicted octanol–water partition coefficient (Wildman–Crippen LogP) is 2.59. The van der Waals surface area contributed by atoms with Crippen molar-refractivity contribution in [2.75, 3.05) is 12.4 Å². The largest absolute Gasteiger partial charge is 0.379 e. The van der Waals surface area contributed by atoms with Crippen LogP contribution in [-0.2, 0) is 4.74 Å². The number of rotatable bonds is 4. The fraction of sp³-hybridized carbons (Fsp3) is 0.900. The van der Waals surface area contributed by atoms with Gasteiger partial charge in [0.2, 0.25) is 0 Å². The van der Waals surface area contributed by atoms with Crippen LogP contribution >= 0.6 is 11.8 Å². The Kier molecular flexibility index (Phi) is 4.08. The molecular weight excluding hydrogens is 182 g/mol. The van der Waals surface area contributed by atoms with Gasteiger partial charge in [-0.05, 0) is 38.9 Å². The molecule has 2 nitrogen and oxygen atoms in total. The molecule has 1 heterocycles. The van der Waals surface area contributed by atoms with Gasteiger partial charge in [0.05, 0.1) is 12.2 Å². The Morgan fingerprint density at radius 1 is 1.62 bits per heavy atom. The van der Waals surface area contributed by atoms with E-state index in [4.69, 9.17) is 10.00 Å². The zero-order valence-corrected chi connectivity index (χ0v) is 9.19. The van der Waals surface area contributed by atoms with Crippen molar-refractivity contribution in [3.63, 3.8) is 0 Å². The molecule has 1 saturated heterocycles. The predicted molar refractivity (Wildman–Crippen MR) is 55.7 cm³/mol. The van der Waals surface area contributed by atoms with Crippen molar-refractivity contribution in [2.24, 2.45) is 0 Å². The third kappa shape index (κ3) is 3.21. The minimum absolute atomic E-state index is 0.130. The zero-order chi connectivity index (χ0) is 9.73. The van der Waals surface area contributed by atoms with Crippen LogP contribution in [0.3, 0.4) is 0 Å². The summed E-state index contributed by atoms with van der Waals surface area (Å²) in [6, 6.07) is 2.43. The number of hydrogen-bond acceptors (Lipinski definition) is 3. The second-order valence-electron chi connectivity index (χ2n) is 3.73.